The second-order valence-electron chi connectivity index (χ2n) is 6.06. The Hall–Kier alpha value is -1.80. The van der Waals surface area contributed by atoms with Crippen LogP contribution in [0.2, 0.25) is 0 Å². The highest BCUT2D eigenvalue weighted by Gasteiger charge is 2.14. The maximum Gasteiger partial charge on any atom is 0.275 e. The zero-order valence-corrected chi connectivity index (χ0v) is 14.7. The molecule has 24 heavy (non-hydrogen) atoms. The SMILES string of the molecule is CN1CCN(Cc2cccc(NC(=O)c3csc(CN)n3)c2)CC1. The summed E-state index contributed by atoms with van der Waals surface area (Å²) in [5, 5.41) is 5.43. The van der Waals surface area contributed by atoms with E-state index in [2.05, 4.69) is 33.2 Å². The Morgan fingerprint density at radius 1 is 1.33 bits per heavy atom. The van der Waals surface area contributed by atoms with E-state index in [1.165, 1.54) is 16.9 Å². The Morgan fingerprint density at radius 2 is 2.12 bits per heavy atom. The number of nitrogens with zero attached hydrogens (tertiary/aromatic N) is 3. The molecule has 2 aromatic rings. The van der Waals surface area contributed by atoms with Gasteiger partial charge in [-0.1, -0.05) is 12.1 Å². The summed E-state index contributed by atoms with van der Waals surface area (Å²) in [5.74, 6) is -0.192. The molecule has 2 heterocycles. The number of rotatable bonds is 5. The first kappa shape index (κ1) is 17.0. The van der Waals surface area contributed by atoms with E-state index in [0.717, 1.165) is 43.4 Å². The fraction of sp³-hybridized carbons (Fsp3) is 0.412. The largest absolute Gasteiger partial charge is 0.325 e. The number of piperazine rings is 1. The molecular formula is C17H23N5OS. The maximum atomic E-state index is 12.3. The molecule has 1 aromatic heterocycles. The molecule has 0 bridgehead atoms. The van der Waals surface area contributed by atoms with Crippen molar-refractivity contribution in [3.05, 3.63) is 45.9 Å². The minimum atomic E-state index is -0.192. The predicted octanol–water partition coefficient (Wildman–Crippen LogP) is 1.60. The molecule has 0 atom stereocenters. The lowest BCUT2D eigenvalue weighted by atomic mass is 10.1. The summed E-state index contributed by atoms with van der Waals surface area (Å²) >= 11 is 1.41. The molecule has 1 fully saturated rings. The number of thiazole rings is 1. The van der Waals surface area contributed by atoms with Crippen LogP contribution in [0.1, 0.15) is 21.1 Å². The van der Waals surface area contributed by atoms with Gasteiger partial charge in [0.15, 0.2) is 0 Å². The molecule has 1 aliphatic rings. The van der Waals surface area contributed by atoms with E-state index >= 15 is 0 Å². The van der Waals surface area contributed by atoms with Crippen LogP contribution >= 0.6 is 11.3 Å². The predicted molar refractivity (Wildman–Crippen MR) is 97.2 cm³/mol. The van der Waals surface area contributed by atoms with Crippen molar-refractivity contribution < 1.29 is 4.79 Å². The topological polar surface area (TPSA) is 74.5 Å². The van der Waals surface area contributed by atoms with Gasteiger partial charge in [0.25, 0.3) is 5.91 Å². The first-order chi connectivity index (χ1) is 11.6. The molecular weight excluding hydrogens is 322 g/mol. The van der Waals surface area contributed by atoms with Crippen molar-refractivity contribution in [3.63, 3.8) is 0 Å². The maximum absolute atomic E-state index is 12.3. The van der Waals surface area contributed by atoms with Crippen LogP contribution in [0.5, 0.6) is 0 Å². The average molecular weight is 345 g/mol. The summed E-state index contributed by atoms with van der Waals surface area (Å²) in [5.41, 5.74) is 7.97. The van der Waals surface area contributed by atoms with Crippen molar-refractivity contribution in [2.45, 2.75) is 13.1 Å². The molecule has 1 aromatic carbocycles. The van der Waals surface area contributed by atoms with E-state index in [1.807, 2.05) is 18.2 Å². The lowest BCUT2D eigenvalue weighted by Crippen LogP contribution is -2.43. The number of hydrogen-bond acceptors (Lipinski definition) is 6. The number of hydrogen-bond donors (Lipinski definition) is 2. The highest BCUT2D eigenvalue weighted by atomic mass is 32.1. The Morgan fingerprint density at radius 3 is 2.83 bits per heavy atom. The summed E-state index contributed by atoms with van der Waals surface area (Å²) < 4.78 is 0. The molecule has 0 saturated carbocycles. The Bertz CT molecular complexity index is 694. The Balaban J connectivity index is 1.61. The summed E-state index contributed by atoms with van der Waals surface area (Å²) in [6.45, 7) is 5.62. The van der Waals surface area contributed by atoms with E-state index in [4.69, 9.17) is 5.73 Å². The van der Waals surface area contributed by atoms with Crippen LogP contribution in [0.4, 0.5) is 5.69 Å². The van der Waals surface area contributed by atoms with Gasteiger partial charge in [0, 0.05) is 50.3 Å². The quantitative estimate of drug-likeness (QED) is 0.861. The van der Waals surface area contributed by atoms with Crippen LogP contribution in [0, 0.1) is 0 Å². The number of amides is 1. The van der Waals surface area contributed by atoms with E-state index in [9.17, 15) is 4.79 Å². The van der Waals surface area contributed by atoms with E-state index < -0.39 is 0 Å². The molecule has 0 aliphatic carbocycles. The molecule has 0 radical (unpaired) electrons. The number of nitrogens with two attached hydrogens (primary N) is 1. The molecule has 128 valence electrons. The van der Waals surface area contributed by atoms with Gasteiger partial charge in [-0.2, -0.15) is 0 Å². The van der Waals surface area contributed by atoms with E-state index in [-0.39, 0.29) is 5.91 Å². The number of nitrogens with one attached hydrogen (secondary N) is 1. The fourth-order valence-electron chi connectivity index (χ4n) is 2.72. The number of carbonyl (C=O) groups excluding carboxylic acids is 1. The zero-order valence-electron chi connectivity index (χ0n) is 13.9. The minimum absolute atomic E-state index is 0.192. The third kappa shape index (κ3) is 4.39. The van der Waals surface area contributed by atoms with Gasteiger partial charge in [-0.3, -0.25) is 9.69 Å². The minimum Gasteiger partial charge on any atom is -0.325 e. The second-order valence-corrected chi connectivity index (χ2v) is 7.01. The lowest BCUT2D eigenvalue weighted by Gasteiger charge is -2.32. The van der Waals surface area contributed by atoms with Crippen molar-refractivity contribution in [1.29, 1.82) is 0 Å². The summed E-state index contributed by atoms with van der Waals surface area (Å²) in [7, 11) is 2.15. The number of anilines is 1. The van der Waals surface area contributed by atoms with Crippen molar-refractivity contribution in [1.82, 2.24) is 14.8 Å². The fourth-order valence-corrected chi connectivity index (χ4v) is 3.37. The van der Waals surface area contributed by atoms with Crippen LogP contribution in [0.15, 0.2) is 29.6 Å². The van der Waals surface area contributed by atoms with E-state index in [1.54, 1.807) is 5.38 Å². The molecule has 1 amide bonds. The zero-order chi connectivity index (χ0) is 16.9. The van der Waals surface area contributed by atoms with Crippen LogP contribution in [0.3, 0.4) is 0 Å². The van der Waals surface area contributed by atoms with Gasteiger partial charge < -0.3 is 16.0 Å². The number of benzene rings is 1. The molecule has 3 rings (SSSR count). The molecule has 3 N–H and O–H groups in total. The number of likely N-dealkylation sites (N-methyl/N-ethyl adjacent to an activating group) is 1. The van der Waals surface area contributed by atoms with Crippen molar-refractivity contribution in [2.75, 3.05) is 38.5 Å². The van der Waals surface area contributed by atoms with Crippen LogP contribution < -0.4 is 11.1 Å². The smallest absolute Gasteiger partial charge is 0.275 e. The van der Waals surface area contributed by atoms with Crippen LogP contribution in [-0.4, -0.2) is 53.9 Å². The van der Waals surface area contributed by atoms with E-state index in [0.29, 0.717) is 12.2 Å². The van der Waals surface area contributed by atoms with Crippen LogP contribution in [0.25, 0.3) is 0 Å². The number of carbonyl (C=O) groups is 1. The van der Waals surface area contributed by atoms with Crippen molar-refractivity contribution >= 4 is 22.9 Å². The number of aromatic nitrogens is 1. The van der Waals surface area contributed by atoms with Gasteiger partial charge in [-0.05, 0) is 24.7 Å². The summed E-state index contributed by atoms with van der Waals surface area (Å²) in [6.07, 6.45) is 0. The van der Waals surface area contributed by atoms with Gasteiger partial charge in [0.2, 0.25) is 0 Å². The van der Waals surface area contributed by atoms with Gasteiger partial charge in [0.1, 0.15) is 10.7 Å². The van der Waals surface area contributed by atoms with Crippen molar-refractivity contribution in [2.24, 2.45) is 5.73 Å². The van der Waals surface area contributed by atoms with Gasteiger partial charge >= 0.3 is 0 Å². The Kier molecular flexibility index (Phi) is 5.57. The summed E-state index contributed by atoms with van der Waals surface area (Å²) in [4.78, 5) is 21.3. The highest BCUT2D eigenvalue weighted by Crippen LogP contribution is 2.16. The van der Waals surface area contributed by atoms with Gasteiger partial charge in [0.05, 0.1) is 0 Å². The molecule has 7 heteroatoms. The molecule has 0 spiro atoms. The standard InChI is InChI=1S/C17H23N5OS/c1-21-5-7-22(8-6-21)11-13-3-2-4-14(9-13)19-17(23)15-12-24-16(10-18)20-15/h2-4,9,12H,5-8,10-11,18H2,1H3,(H,19,23). The molecule has 1 saturated heterocycles. The van der Waals surface area contributed by atoms with Crippen molar-refractivity contribution in [3.8, 4) is 0 Å². The Labute approximate surface area is 146 Å². The second kappa shape index (κ2) is 7.85. The molecule has 1 aliphatic heterocycles. The molecule has 0 unspecified atom stereocenters. The monoisotopic (exact) mass is 345 g/mol. The van der Waals surface area contributed by atoms with Gasteiger partial charge in [-0.25, -0.2) is 4.98 Å². The van der Waals surface area contributed by atoms with Gasteiger partial charge in [-0.15, -0.1) is 11.3 Å². The molecule has 6 nitrogen and oxygen atoms in total. The lowest BCUT2D eigenvalue weighted by molar-refractivity contribution is 0.102. The highest BCUT2D eigenvalue weighted by molar-refractivity contribution is 7.09. The average Bonchev–Trinajstić information content (AvgIpc) is 3.07. The third-order valence-electron chi connectivity index (χ3n) is 4.15. The first-order valence-electron chi connectivity index (χ1n) is 8.09. The summed E-state index contributed by atoms with van der Waals surface area (Å²) in [6, 6.07) is 8.02. The third-order valence-corrected chi connectivity index (χ3v) is 5.02. The normalized spacial score (nSPS) is 16.2. The van der Waals surface area contributed by atoms with Crippen LogP contribution in [-0.2, 0) is 13.1 Å². The first-order valence-corrected chi connectivity index (χ1v) is 8.97.